The smallest absolute Gasteiger partial charge is 0.00115 e. The zero-order valence-electron chi connectivity index (χ0n) is 7.03. The van der Waals surface area contributed by atoms with Gasteiger partial charge >= 0.3 is 0 Å². The van der Waals surface area contributed by atoms with Crippen molar-refractivity contribution in [1.82, 2.24) is 10.6 Å². The van der Waals surface area contributed by atoms with E-state index in [1.54, 1.807) is 0 Å². The summed E-state index contributed by atoms with van der Waals surface area (Å²) < 4.78 is 0. The Bertz CT molecular complexity index is 102. The maximum atomic E-state index is 3.49. The highest BCUT2D eigenvalue weighted by molar-refractivity contribution is 4.99. The van der Waals surface area contributed by atoms with Crippen LogP contribution >= 0.6 is 0 Å². The molecule has 0 amide bonds. The molecule has 0 aromatic carbocycles. The zero-order valence-corrected chi connectivity index (χ0v) is 7.03. The molecule has 2 heteroatoms. The van der Waals surface area contributed by atoms with E-state index in [-0.39, 0.29) is 0 Å². The van der Waals surface area contributed by atoms with E-state index in [1.165, 1.54) is 45.4 Å². The van der Waals surface area contributed by atoms with Crippen LogP contribution in [0.15, 0.2) is 0 Å². The lowest BCUT2D eigenvalue weighted by atomic mass is 9.73. The lowest BCUT2D eigenvalue weighted by molar-refractivity contribution is 0.211. The predicted molar refractivity (Wildman–Crippen MR) is 46.3 cm³/mol. The van der Waals surface area contributed by atoms with Gasteiger partial charge in [0, 0.05) is 6.54 Å². The van der Waals surface area contributed by atoms with Gasteiger partial charge in [-0.3, -0.25) is 0 Å². The molecule has 2 aliphatic rings. The van der Waals surface area contributed by atoms with Crippen molar-refractivity contribution < 1.29 is 0 Å². The molecule has 11 heavy (non-hydrogen) atoms. The predicted octanol–water partition coefficient (Wildman–Crippen LogP) is 0.554. The lowest BCUT2D eigenvalue weighted by Gasteiger charge is -2.40. The molecular formula is C9H17N2. The first-order chi connectivity index (χ1) is 5.41. The molecule has 2 rings (SSSR count). The van der Waals surface area contributed by atoms with Gasteiger partial charge < -0.3 is 10.6 Å². The van der Waals surface area contributed by atoms with Crippen molar-refractivity contribution in [3.63, 3.8) is 0 Å². The van der Waals surface area contributed by atoms with Crippen LogP contribution in [0.3, 0.4) is 0 Å². The first kappa shape index (κ1) is 7.56. The normalized spacial score (nSPS) is 30.5. The summed E-state index contributed by atoms with van der Waals surface area (Å²) in [6.45, 7) is 4.82. The highest BCUT2D eigenvalue weighted by Crippen LogP contribution is 2.33. The molecule has 2 aliphatic heterocycles. The SMILES string of the molecule is [CH]1CCNCC12CCNCC2. The van der Waals surface area contributed by atoms with E-state index in [2.05, 4.69) is 17.1 Å². The van der Waals surface area contributed by atoms with Crippen molar-refractivity contribution in [1.29, 1.82) is 0 Å². The van der Waals surface area contributed by atoms with Gasteiger partial charge in [-0.15, -0.1) is 0 Å². The maximum Gasteiger partial charge on any atom is 0.00115 e. The second-order valence-corrected chi connectivity index (χ2v) is 3.78. The third-order valence-electron chi connectivity index (χ3n) is 2.97. The third-order valence-corrected chi connectivity index (χ3v) is 2.97. The van der Waals surface area contributed by atoms with Crippen LogP contribution in [-0.2, 0) is 0 Å². The van der Waals surface area contributed by atoms with E-state index in [9.17, 15) is 0 Å². The molecule has 1 spiro atoms. The molecule has 2 nitrogen and oxygen atoms in total. The number of nitrogens with one attached hydrogen (secondary N) is 2. The Labute approximate surface area is 68.7 Å². The summed E-state index contributed by atoms with van der Waals surface area (Å²) in [6.07, 6.45) is 6.48. The standard InChI is InChI=1S/C9H17N2/c1-2-9(8-11-5-1)3-6-10-7-4-9/h2,10-11H,1,3-8H2. The Kier molecular flexibility index (Phi) is 2.14. The molecule has 0 saturated carbocycles. The van der Waals surface area contributed by atoms with Crippen LogP contribution in [0.5, 0.6) is 0 Å². The zero-order chi connectivity index (χ0) is 7.57. The Morgan fingerprint density at radius 2 is 1.82 bits per heavy atom. The van der Waals surface area contributed by atoms with Crippen LogP contribution in [0.25, 0.3) is 0 Å². The fourth-order valence-electron chi connectivity index (χ4n) is 2.20. The number of rotatable bonds is 0. The molecule has 0 aromatic heterocycles. The van der Waals surface area contributed by atoms with Crippen molar-refractivity contribution >= 4 is 0 Å². The Balaban J connectivity index is 1.94. The van der Waals surface area contributed by atoms with Crippen LogP contribution in [0.2, 0.25) is 0 Å². The minimum atomic E-state index is 0.559. The average Bonchev–Trinajstić information content (AvgIpc) is 2.07. The number of hydrogen-bond acceptors (Lipinski definition) is 2. The molecule has 0 atom stereocenters. The van der Waals surface area contributed by atoms with Crippen molar-refractivity contribution in [3.05, 3.63) is 6.42 Å². The largest absolute Gasteiger partial charge is 0.317 e. The van der Waals surface area contributed by atoms with Gasteiger partial charge in [0.15, 0.2) is 0 Å². The monoisotopic (exact) mass is 153 g/mol. The van der Waals surface area contributed by atoms with Gasteiger partial charge in [-0.05, 0) is 50.7 Å². The topological polar surface area (TPSA) is 24.1 Å². The molecule has 2 fully saturated rings. The van der Waals surface area contributed by atoms with Crippen LogP contribution in [-0.4, -0.2) is 26.2 Å². The van der Waals surface area contributed by atoms with Gasteiger partial charge in [-0.25, -0.2) is 0 Å². The Morgan fingerprint density at radius 1 is 1.00 bits per heavy atom. The van der Waals surface area contributed by atoms with Gasteiger partial charge in [0.1, 0.15) is 0 Å². The van der Waals surface area contributed by atoms with E-state index in [1.807, 2.05) is 0 Å². The quantitative estimate of drug-likeness (QED) is 0.531. The summed E-state index contributed by atoms with van der Waals surface area (Å²) in [7, 11) is 0. The Morgan fingerprint density at radius 3 is 2.45 bits per heavy atom. The first-order valence-corrected chi connectivity index (χ1v) is 4.67. The highest BCUT2D eigenvalue weighted by Gasteiger charge is 2.33. The highest BCUT2D eigenvalue weighted by atomic mass is 14.9. The lowest BCUT2D eigenvalue weighted by Crippen LogP contribution is -2.46. The third kappa shape index (κ3) is 1.57. The molecule has 2 saturated heterocycles. The first-order valence-electron chi connectivity index (χ1n) is 4.67. The van der Waals surface area contributed by atoms with Crippen LogP contribution in [0.4, 0.5) is 0 Å². The summed E-state index contributed by atoms with van der Waals surface area (Å²) in [6, 6.07) is 0. The van der Waals surface area contributed by atoms with E-state index < -0.39 is 0 Å². The summed E-state index contributed by atoms with van der Waals surface area (Å²) in [4.78, 5) is 0. The van der Waals surface area contributed by atoms with Crippen molar-refractivity contribution in [2.75, 3.05) is 26.2 Å². The maximum absolute atomic E-state index is 3.49. The van der Waals surface area contributed by atoms with E-state index in [0.29, 0.717) is 5.41 Å². The number of hydrogen-bond donors (Lipinski definition) is 2. The second kappa shape index (κ2) is 3.11. The van der Waals surface area contributed by atoms with Crippen LogP contribution in [0, 0.1) is 11.8 Å². The molecule has 0 aliphatic carbocycles. The Hall–Kier alpha value is -0.0800. The fourth-order valence-corrected chi connectivity index (χ4v) is 2.20. The van der Waals surface area contributed by atoms with Crippen molar-refractivity contribution in [2.45, 2.75) is 19.3 Å². The fraction of sp³-hybridized carbons (Fsp3) is 0.889. The minimum Gasteiger partial charge on any atom is -0.317 e. The van der Waals surface area contributed by atoms with Gasteiger partial charge in [0.2, 0.25) is 0 Å². The molecule has 2 heterocycles. The van der Waals surface area contributed by atoms with E-state index in [0.717, 1.165) is 0 Å². The van der Waals surface area contributed by atoms with Crippen LogP contribution in [0.1, 0.15) is 19.3 Å². The molecular weight excluding hydrogens is 136 g/mol. The molecule has 0 bridgehead atoms. The van der Waals surface area contributed by atoms with Crippen molar-refractivity contribution in [3.8, 4) is 0 Å². The second-order valence-electron chi connectivity index (χ2n) is 3.78. The number of piperidine rings is 2. The minimum absolute atomic E-state index is 0.559. The van der Waals surface area contributed by atoms with E-state index in [4.69, 9.17) is 0 Å². The summed E-state index contributed by atoms with van der Waals surface area (Å²) in [5.74, 6) is 0. The molecule has 0 aromatic rings. The van der Waals surface area contributed by atoms with Crippen molar-refractivity contribution in [2.24, 2.45) is 5.41 Å². The van der Waals surface area contributed by atoms with E-state index >= 15 is 0 Å². The van der Waals surface area contributed by atoms with Gasteiger partial charge in [-0.2, -0.15) is 0 Å². The molecule has 2 N–H and O–H groups in total. The summed E-state index contributed by atoms with van der Waals surface area (Å²) in [5.41, 5.74) is 0.559. The van der Waals surface area contributed by atoms with Gasteiger partial charge in [0.25, 0.3) is 0 Å². The molecule has 63 valence electrons. The summed E-state index contributed by atoms with van der Waals surface area (Å²) in [5, 5.41) is 6.89. The van der Waals surface area contributed by atoms with Gasteiger partial charge in [-0.1, -0.05) is 0 Å². The average molecular weight is 153 g/mol. The summed E-state index contributed by atoms with van der Waals surface area (Å²) >= 11 is 0. The molecule has 1 radical (unpaired) electrons. The van der Waals surface area contributed by atoms with Crippen LogP contribution < -0.4 is 10.6 Å². The molecule has 0 unspecified atom stereocenters. The van der Waals surface area contributed by atoms with Gasteiger partial charge in [0.05, 0.1) is 0 Å².